The van der Waals surface area contributed by atoms with E-state index in [-0.39, 0.29) is 22.7 Å². The first-order valence-electron chi connectivity index (χ1n) is 14.3. The quantitative estimate of drug-likeness (QED) is 0.299. The molecule has 0 amide bonds. The summed E-state index contributed by atoms with van der Waals surface area (Å²) < 4.78 is 43.2. The van der Waals surface area contributed by atoms with Gasteiger partial charge < -0.3 is 9.47 Å². The predicted molar refractivity (Wildman–Crippen MR) is 132 cm³/mol. The molecule has 4 aliphatic carbocycles. The molecule has 0 spiro atoms. The minimum atomic E-state index is -0.946. The second kappa shape index (κ2) is 11.5. The first kappa shape index (κ1) is 24.8. The van der Waals surface area contributed by atoms with E-state index in [1.807, 2.05) is 0 Å². The molecule has 1 saturated heterocycles. The number of thioether (sulfide) groups is 1. The molecule has 33 heavy (non-hydrogen) atoms. The number of fused-ring (bicyclic) bond motifs is 3. The van der Waals surface area contributed by atoms with E-state index in [1.54, 1.807) is 11.8 Å². The number of alkyl halides is 2. The van der Waals surface area contributed by atoms with Gasteiger partial charge in [-0.2, -0.15) is 0 Å². The Morgan fingerprint density at radius 1 is 0.667 bits per heavy atom. The largest absolute Gasteiger partial charge is 0.375 e. The molecule has 5 aliphatic rings. The Bertz CT molecular complexity index is 609. The standard InChI is InChI=1S/C28H46F2O2S/c1-2-3-4-15-31-23-13-11-21-22-12-14-24(26(30)28(22)33-27(21)25(23)29)32-17-20-9-7-19(8-10-20)16-18-5-6-18/h18-28H,2-17H2,1H3. The summed E-state index contributed by atoms with van der Waals surface area (Å²) in [6, 6.07) is 0. The molecule has 2 nitrogen and oxygen atoms in total. The molecule has 0 aromatic rings. The lowest BCUT2D eigenvalue weighted by molar-refractivity contribution is -0.0640. The van der Waals surface area contributed by atoms with Crippen molar-refractivity contribution in [1.29, 1.82) is 0 Å². The van der Waals surface area contributed by atoms with Gasteiger partial charge in [0.15, 0.2) is 0 Å². The van der Waals surface area contributed by atoms with E-state index in [0.717, 1.165) is 63.4 Å². The smallest absolute Gasteiger partial charge is 0.138 e. The van der Waals surface area contributed by atoms with Crippen molar-refractivity contribution < 1.29 is 18.3 Å². The van der Waals surface area contributed by atoms with Gasteiger partial charge in [0.25, 0.3) is 0 Å². The average molecular weight is 485 g/mol. The summed E-state index contributed by atoms with van der Waals surface area (Å²) >= 11 is 1.61. The third-order valence-corrected chi connectivity index (χ3v) is 11.4. The monoisotopic (exact) mass is 484 g/mol. The van der Waals surface area contributed by atoms with E-state index in [0.29, 0.717) is 24.4 Å². The number of halogens is 2. The van der Waals surface area contributed by atoms with Gasteiger partial charge in [0.1, 0.15) is 12.3 Å². The summed E-state index contributed by atoms with van der Waals surface area (Å²) in [5.74, 6) is 3.23. The van der Waals surface area contributed by atoms with Crippen LogP contribution in [0, 0.1) is 29.6 Å². The second-order valence-electron chi connectivity index (χ2n) is 12.0. The summed E-state index contributed by atoms with van der Waals surface area (Å²) in [5, 5.41) is -0.159. The number of hydrogen-bond acceptors (Lipinski definition) is 3. The van der Waals surface area contributed by atoms with Crippen LogP contribution in [0.1, 0.15) is 96.8 Å². The lowest BCUT2D eigenvalue weighted by atomic mass is 9.71. The van der Waals surface area contributed by atoms with E-state index < -0.39 is 12.3 Å². The van der Waals surface area contributed by atoms with Gasteiger partial charge in [0, 0.05) is 23.7 Å². The normalized spacial score (nSPS) is 45.5. The molecule has 4 saturated carbocycles. The Morgan fingerprint density at radius 2 is 1.21 bits per heavy atom. The maximum atomic E-state index is 15.6. The molecule has 0 aromatic heterocycles. The van der Waals surface area contributed by atoms with E-state index in [9.17, 15) is 0 Å². The zero-order valence-corrected chi connectivity index (χ0v) is 21.5. The molecule has 8 atom stereocenters. The Kier molecular flexibility index (Phi) is 8.61. The van der Waals surface area contributed by atoms with Gasteiger partial charge in [-0.05, 0) is 81.0 Å². The fourth-order valence-corrected chi connectivity index (χ4v) is 9.45. The topological polar surface area (TPSA) is 18.5 Å². The van der Waals surface area contributed by atoms with Crippen molar-refractivity contribution in [2.45, 2.75) is 132 Å². The van der Waals surface area contributed by atoms with Gasteiger partial charge in [-0.1, -0.05) is 45.4 Å². The van der Waals surface area contributed by atoms with Crippen molar-refractivity contribution in [1.82, 2.24) is 0 Å². The SMILES string of the molecule is CCCCCOC1CCC2C3CCC(OCC4CCC(CC5CC5)CC4)C(F)C3SC2C1F. The summed E-state index contributed by atoms with van der Waals surface area (Å²) in [6.07, 6.45) is 14.1. The third kappa shape index (κ3) is 5.93. The summed E-state index contributed by atoms with van der Waals surface area (Å²) in [6.45, 7) is 3.57. The van der Waals surface area contributed by atoms with Crippen molar-refractivity contribution in [2.75, 3.05) is 13.2 Å². The van der Waals surface area contributed by atoms with E-state index in [1.165, 1.54) is 44.9 Å². The first-order chi connectivity index (χ1) is 16.1. The van der Waals surface area contributed by atoms with E-state index in [2.05, 4.69) is 6.92 Å². The van der Waals surface area contributed by atoms with Crippen LogP contribution in [0.3, 0.4) is 0 Å². The molecule has 1 aliphatic heterocycles. The maximum Gasteiger partial charge on any atom is 0.138 e. The highest BCUT2D eigenvalue weighted by Gasteiger charge is 2.56. The Labute approximate surface area is 204 Å². The second-order valence-corrected chi connectivity index (χ2v) is 13.4. The molecule has 0 aromatic carbocycles. The van der Waals surface area contributed by atoms with Crippen molar-refractivity contribution >= 4 is 11.8 Å². The minimum absolute atomic E-state index is 0.0786. The molecule has 0 bridgehead atoms. The van der Waals surface area contributed by atoms with Crippen LogP contribution in [0.25, 0.3) is 0 Å². The van der Waals surface area contributed by atoms with Gasteiger partial charge in [0.05, 0.1) is 12.2 Å². The molecule has 1 heterocycles. The molecule has 5 heteroatoms. The summed E-state index contributed by atoms with van der Waals surface area (Å²) in [7, 11) is 0. The highest BCUT2D eigenvalue weighted by molar-refractivity contribution is 8.00. The molecule has 5 fully saturated rings. The lowest BCUT2D eigenvalue weighted by Crippen LogP contribution is -2.45. The zero-order valence-electron chi connectivity index (χ0n) is 20.6. The van der Waals surface area contributed by atoms with Crippen LogP contribution in [0.2, 0.25) is 0 Å². The highest BCUT2D eigenvalue weighted by Crippen LogP contribution is 2.56. The molecule has 0 radical (unpaired) electrons. The Hall–Kier alpha value is 0.130. The van der Waals surface area contributed by atoms with Crippen molar-refractivity contribution in [3.8, 4) is 0 Å². The van der Waals surface area contributed by atoms with Crippen LogP contribution in [-0.2, 0) is 9.47 Å². The predicted octanol–water partition coefficient (Wildman–Crippen LogP) is 7.53. The van der Waals surface area contributed by atoms with Gasteiger partial charge in [-0.25, -0.2) is 8.78 Å². The van der Waals surface area contributed by atoms with Crippen molar-refractivity contribution in [2.24, 2.45) is 29.6 Å². The number of hydrogen-bond donors (Lipinski definition) is 0. The number of ether oxygens (including phenoxy) is 2. The minimum Gasteiger partial charge on any atom is -0.375 e. The molecular weight excluding hydrogens is 438 g/mol. The molecule has 0 N–H and O–H groups in total. The maximum absolute atomic E-state index is 15.6. The van der Waals surface area contributed by atoms with Crippen LogP contribution in [-0.4, -0.2) is 48.3 Å². The van der Waals surface area contributed by atoms with Crippen molar-refractivity contribution in [3.63, 3.8) is 0 Å². The van der Waals surface area contributed by atoms with Crippen LogP contribution in [0.4, 0.5) is 8.78 Å². The van der Waals surface area contributed by atoms with E-state index in [4.69, 9.17) is 9.47 Å². The number of rotatable bonds is 10. The van der Waals surface area contributed by atoms with Gasteiger partial charge in [-0.15, -0.1) is 11.8 Å². The fourth-order valence-electron chi connectivity index (χ4n) is 7.36. The van der Waals surface area contributed by atoms with E-state index >= 15 is 8.78 Å². The molecule has 8 unspecified atom stereocenters. The van der Waals surface area contributed by atoms with Crippen molar-refractivity contribution in [3.05, 3.63) is 0 Å². The highest BCUT2D eigenvalue weighted by atomic mass is 32.2. The summed E-state index contributed by atoms with van der Waals surface area (Å²) in [5.41, 5.74) is 0. The van der Waals surface area contributed by atoms with Gasteiger partial charge in [-0.3, -0.25) is 0 Å². The van der Waals surface area contributed by atoms with Crippen LogP contribution >= 0.6 is 11.8 Å². The number of unbranched alkanes of at least 4 members (excludes halogenated alkanes) is 2. The lowest BCUT2D eigenvalue weighted by Gasteiger charge is -2.39. The average Bonchev–Trinajstić information content (AvgIpc) is 3.56. The van der Waals surface area contributed by atoms with Crippen LogP contribution < -0.4 is 0 Å². The zero-order chi connectivity index (χ0) is 22.8. The molecular formula is C28H46F2O2S. The van der Waals surface area contributed by atoms with Crippen LogP contribution in [0.15, 0.2) is 0 Å². The summed E-state index contributed by atoms with van der Waals surface area (Å²) in [4.78, 5) is 0. The molecule has 190 valence electrons. The van der Waals surface area contributed by atoms with Gasteiger partial charge in [0.2, 0.25) is 0 Å². The fraction of sp³-hybridized carbons (Fsp3) is 1.00. The van der Waals surface area contributed by atoms with Gasteiger partial charge >= 0.3 is 0 Å². The third-order valence-electron chi connectivity index (χ3n) is 9.57. The molecule has 5 rings (SSSR count). The van der Waals surface area contributed by atoms with Crippen LogP contribution in [0.5, 0.6) is 0 Å². The Morgan fingerprint density at radius 3 is 1.79 bits per heavy atom. The first-order valence-corrected chi connectivity index (χ1v) is 15.2. The Balaban J connectivity index is 1.07.